The van der Waals surface area contributed by atoms with Gasteiger partial charge in [-0.15, -0.1) is 0 Å². The molecule has 4 heteroatoms. The van der Waals surface area contributed by atoms with Crippen molar-refractivity contribution in [2.75, 3.05) is 7.05 Å². The number of hydrogen-bond acceptors (Lipinski definition) is 1. The zero-order valence-corrected chi connectivity index (χ0v) is 10.5. The first kappa shape index (κ1) is 12.8. The van der Waals surface area contributed by atoms with Crippen LogP contribution in [0.2, 0.25) is 0 Å². The molecule has 1 N–H and O–H groups in total. The summed E-state index contributed by atoms with van der Waals surface area (Å²) in [4.78, 5) is 0. The van der Waals surface area contributed by atoms with Crippen molar-refractivity contribution in [1.29, 1.82) is 0 Å². The third kappa shape index (κ3) is 2.76. The fourth-order valence-corrected chi connectivity index (χ4v) is 1.83. The summed E-state index contributed by atoms with van der Waals surface area (Å²) in [5, 5.41) is 3.15. The van der Waals surface area contributed by atoms with Crippen LogP contribution < -0.4 is 5.32 Å². The van der Waals surface area contributed by atoms with Crippen molar-refractivity contribution in [3.05, 3.63) is 59.4 Å². The zero-order valence-electron chi connectivity index (χ0n) is 10.5. The molecule has 0 fully saturated rings. The molecule has 96 valence electrons. The van der Waals surface area contributed by atoms with Crippen LogP contribution >= 0.6 is 0 Å². The van der Waals surface area contributed by atoms with Crippen LogP contribution in [-0.4, -0.2) is 11.6 Å². The molecule has 0 aliphatic heterocycles. The lowest BCUT2D eigenvalue weighted by molar-refractivity contribution is 0.506. The summed E-state index contributed by atoms with van der Waals surface area (Å²) in [7, 11) is 1.90. The molecule has 1 aromatic heterocycles. The van der Waals surface area contributed by atoms with Crippen LogP contribution in [0.25, 0.3) is 0 Å². The van der Waals surface area contributed by atoms with Crippen molar-refractivity contribution in [2.24, 2.45) is 0 Å². The van der Waals surface area contributed by atoms with Gasteiger partial charge in [0, 0.05) is 25.0 Å². The Hall–Kier alpha value is -1.68. The third-order valence-corrected chi connectivity index (χ3v) is 3.06. The van der Waals surface area contributed by atoms with Gasteiger partial charge in [0.2, 0.25) is 0 Å². The topological polar surface area (TPSA) is 17.0 Å². The van der Waals surface area contributed by atoms with Gasteiger partial charge >= 0.3 is 0 Å². The largest absolute Gasteiger partial charge is 0.350 e. The summed E-state index contributed by atoms with van der Waals surface area (Å²) in [5.41, 5.74) is 1.91. The van der Waals surface area contributed by atoms with E-state index in [9.17, 15) is 8.78 Å². The predicted molar refractivity (Wildman–Crippen MR) is 67.4 cm³/mol. The molecule has 0 amide bonds. The normalized spacial score (nSPS) is 12.7. The van der Waals surface area contributed by atoms with E-state index in [1.54, 1.807) is 6.07 Å². The second-order valence-electron chi connectivity index (χ2n) is 4.38. The minimum absolute atomic E-state index is 0.274. The van der Waals surface area contributed by atoms with Crippen LogP contribution in [0.3, 0.4) is 0 Å². The Morgan fingerprint density at radius 3 is 2.67 bits per heavy atom. The Bertz CT molecular complexity index is 534. The number of nitrogens with one attached hydrogen (secondary N) is 1. The average molecular weight is 250 g/mol. The van der Waals surface area contributed by atoms with Gasteiger partial charge < -0.3 is 9.88 Å². The molecule has 1 atom stereocenters. The lowest BCUT2D eigenvalue weighted by Crippen LogP contribution is -2.11. The lowest BCUT2D eigenvalue weighted by Gasteiger charge is -2.07. The van der Waals surface area contributed by atoms with Crippen LogP contribution in [0.15, 0.2) is 36.7 Å². The summed E-state index contributed by atoms with van der Waals surface area (Å²) in [6.45, 7) is 2.60. The van der Waals surface area contributed by atoms with Gasteiger partial charge in [-0.25, -0.2) is 8.78 Å². The second-order valence-corrected chi connectivity index (χ2v) is 4.38. The minimum atomic E-state index is -0.809. The second kappa shape index (κ2) is 5.31. The highest BCUT2D eigenvalue weighted by Crippen LogP contribution is 2.14. The first-order valence-corrected chi connectivity index (χ1v) is 5.87. The maximum atomic E-state index is 13.1. The Morgan fingerprint density at radius 2 is 2.00 bits per heavy atom. The quantitative estimate of drug-likeness (QED) is 0.882. The van der Waals surface area contributed by atoms with Crippen molar-refractivity contribution >= 4 is 0 Å². The first-order chi connectivity index (χ1) is 8.60. The van der Waals surface area contributed by atoms with Gasteiger partial charge in [-0.3, -0.25) is 0 Å². The Morgan fingerprint density at radius 1 is 1.22 bits per heavy atom. The summed E-state index contributed by atoms with van der Waals surface area (Å²) >= 11 is 0. The van der Waals surface area contributed by atoms with Crippen molar-refractivity contribution < 1.29 is 8.78 Å². The number of nitrogens with zero attached hydrogens (tertiary/aromatic N) is 1. The van der Waals surface area contributed by atoms with Gasteiger partial charge in [0.05, 0.1) is 0 Å². The molecule has 0 saturated heterocycles. The highest BCUT2D eigenvalue weighted by atomic mass is 19.2. The lowest BCUT2D eigenvalue weighted by atomic mass is 10.2. The van der Waals surface area contributed by atoms with E-state index in [0.29, 0.717) is 6.54 Å². The molecule has 0 bridgehead atoms. The Balaban J connectivity index is 2.13. The third-order valence-electron chi connectivity index (χ3n) is 3.06. The van der Waals surface area contributed by atoms with Crippen LogP contribution in [0.5, 0.6) is 0 Å². The fourth-order valence-electron chi connectivity index (χ4n) is 1.83. The van der Waals surface area contributed by atoms with Crippen LogP contribution in [0.4, 0.5) is 8.78 Å². The van der Waals surface area contributed by atoms with E-state index < -0.39 is 11.6 Å². The molecule has 2 nitrogen and oxygen atoms in total. The van der Waals surface area contributed by atoms with E-state index in [1.807, 2.05) is 30.1 Å². The number of benzene rings is 1. The van der Waals surface area contributed by atoms with Crippen LogP contribution in [-0.2, 0) is 6.54 Å². The van der Waals surface area contributed by atoms with E-state index in [4.69, 9.17) is 0 Å². The molecule has 18 heavy (non-hydrogen) atoms. The molecule has 1 heterocycles. The number of aromatic nitrogens is 1. The number of rotatable bonds is 4. The summed E-state index contributed by atoms with van der Waals surface area (Å²) in [5.74, 6) is -1.61. The SMILES string of the molecule is CNC(C)c1ccn(Cc2ccc(F)c(F)c2)c1. The summed E-state index contributed by atoms with van der Waals surface area (Å²) < 4.78 is 27.8. The molecule has 0 aliphatic rings. The van der Waals surface area contributed by atoms with E-state index in [-0.39, 0.29) is 6.04 Å². The summed E-state index contributed by atoms with van der Waals surface area (Å²) in [6, 6.07) is 6.28. The summed E-state index contributed by atoms with van der Waals surface area (Å²) in [6.07, 6.45) is 3.94. The van der Waals surface area contributed by atoms with Gasteiger partial charge in [-0.05, 0) is 43.3 Å². The first-order valence-electron chi connectivity index (χ1n) is 5.87. The fraction of sp³-hybridized carbons (Fsp3) is 0.286. The number of halogens is 2. The standard InChI is InChI=1S/C14H16F2N2/c1-10(17-2)12-5-6-18(9-12)8-11-3-4-13(15)14(16)7-11/h3-7,9-10,17H,8H2,1-2H3. The molecule has 2 rings (SSSR count). The molecular weight excluding hydrogens is 234 g/mol. The Labute approximate surface area is 105 Å². The van der Waals surface area contributed by atoms with Crippen molar-refractivity contribution in [3.8, 4) is 0 Å². The van der Waals surface area contributed by atoms with Crippen molar-refractivity contribution in [3.63, 3.8) is 0 Å². The Kier molecular flexibility index (Phi) is 3.77. The van der Waals surface area contributed by atoms with Crippen molar-refractivity contribution in [1.82, 2.24) is 9.88 Å². The molecule has 0 saturated carbocycles. The van der Waals surface area contributed by atoms with Gasteiger partial charge in [0.1, 0.15) is 0 Å². The molecule has 1 aromatic carbocycles. The highest BCUT2D eigenvalue weighted by molar-refractivity contribution is 5.20. The van der Waals surface area contributed by atoms with Gasteiger partial charge in [-0.2, -0.15) is 0 Å². The van der Waals surface area contributed by atoms with Crippen LogP contribution in [0, 0.1) is 11.6 Å². The molecule has 0 radical (unpaired) electrons. The van der Waals surface area contributed by atoms with E-state index in [1.165, 1.54) is 11.6 Å². The maximum absolute atomic E-state index is 13.1. The van der Waals surface area contributed by atoms with E-state index in [2.05, 4.69) is 12.2 Å². The molecule has 2 aromatic rings. The zero-order chi connectivity index (χ0) is 13.1. The highest BCUT2D eigenvalue weighted by Gasteiger charge is 2.06. The monoisotopic (exact) mass is 250 g/mol. The van der Waals surface area contributed by atoms with Gasteiger partial charge in [0.25, 0.3) is 0 Å². The predicted octanol–water partition coefficient (Wildman–Crippen LogP) is 3.10. The van der Waals surface area contributed by atoms with Crippen molar-refractivity contribution in [2.45, 2.75) is 19.5 Å². The average Bonchev–Trinajstić information content (AvgIpc) is 2.81. The van der Waals surface area contributed by atoms with E-state index in [0.717, 1.165) is 11.6 Å². The maximum Gasteiger partial charge on any atom is 0.159 e. The van der Waals surface area contributed by atoms with Gasteiger partial charge in [-0.1, -0.05) is 6.07 Å². The molecular formula is C14H16F2N2. The smallest absolute Gasteiger partial charge is 0.159 e. The van der Waals surface area contributed by atoms with Gasteiger partial charge in [0.15, 0.2) is 11.6 Å². The molecule has 1 unspecified atom stereocenters. The van der Waals surface area contributed by atoms with Crippen LogP contribution in [0.1, 0.15) is 24.1 Å². The minimum Gasteiger partial charge on any atom is -0.350 e. The number of hydrogen-bond donors (Lipinski definition) is 1. The van der Waals surface area contributed by atoms with E-state index >= 15 is 0 Å². The molecule has 0 aliphatic carbocycles. The molecule has 0 spiro atoms.